The first-order valence-corrected chi connectivity index (χ1v) is 5.59. The number of carbonyl (C=O) groups is 1. The third kappa shape index (κ3) is 3.27. The van der Waals surface area contributed by atoms with Crippen LogP contribution in [0.4, 0.5) is 0 Å². The molecule has 2 atom stereocenters. The summed E-state index contributed by atoms with van der Waals surface area (Å²) in [4.78, 5) is 11.8. The first-order valence-electron chi connectivity index (χ1n) is 5.59. The van der Waals surface area contributed by atoms with E-state index in [2.05, 4.69) is 5.32 Å². The minimum absolute atomic E-state index is 0. The Hall–Kier alpha value is -1.46. The average Bonchev–Trinajstić information content (AvgIpc) is 2.38. The molecule has 1 amide bonds. The highest BCUT2D eigenvalue weighted by Crippen LogP contribution is 2.30. The molecule has 1 aromatic carbocycles. The van der Waals surface area contributed by atoms with Crippen LogP contribution in [0, 0.1) is 0 Å². The monoisotopic (exact) mass is 272 g/mol. The smallest absolute Gasteiger partial charge is 0.264 e. The van der Waals surface area contributed by atoms with Gasteiger partial charge in [0.1, 0.15) is 6.61 Å². The van der Waals surface area contributed by atoms with Gasteiger partial charge in [-0.25, -0.2) is 0 Å². The molecule has 0 saturated carbocycles. The molecular weight excluding hydrogens is 256 g/mol. The number of amides is 1. The van der Waals surface area contributed by atoms with Gasteiger partial charge in [-0.15, -0.1) is 12.4 Å². The number of nitrogens with two attached hydrogens (primary N) is 1. The van der Waals surface area contributed by atoms with E-state index in [9.17, 15) is 4.79 Å². The molecule has 2 rings (SSSR count). The number of rotatable bonds is 3. The lowest BCUT2D eigenvalue weighted by molar-refractivity contribution is -0.130. The van der Waals surface area contributed by atoms with Crippen molar-refractivity contribution in [1.82, 2.24) is 5.32 Å². The fraction of sp³-hybridized carbons (Fsp3) is 0.417. The molecule has 6 heteroatoms. The summed E-state index contributed by atoms with van der Waals surface area (Å²) < 4.78 is 11.0. The molecule has 1 aromatic rings. The number of hydrogen-bond donors (Lipinski definition) is 2. The van der Waals surface area contributed by atoms with Crippen molar-refractivity contribution in [3.63, 3.8) is 0 Å². The lowest BCUT2D eigenvalue weighted by atomic mass is 10.2. The SMILES string of the molecule is C[C@H](CN)NC(=O)C1COc2ccccc2O1.Cl. The van der Waals surface area contributed by atoms with Crippen molar-refractivity contribution >= 4 is 18.3 Å². The Morgan fingerprint density at radius 3 is 2.83 bits per heavy atom. The third-order valence-corrected chi connectivity index (χ3v) is 2.54. The first-order chi connectivity index (χ1) is 8.20. The van der Waals surface area contributed by atoms with Gasteiger partial charge in [0.2, 0.25) is 6.10 Å². The van der Waals surface area contributed by atoms with Crippen LogP contribution in [0.1, 0.15) is 6.92 Å². The number of carbonyl (C=O) groups excluding carboxylic acids is 1. The molecule has 3 N–H and O–H groups in total. The van der Waals surface area contributed by atoms with E-state index in [0.717, 1.165) is 0 Å². The lowest BCUT2D eigenvalue weighted by Crippen LogP contribution is -2.48. The zero-order valence-electron chi connectivity index (χ0n) is 10.1. The van der Waals surface area contributed by atoms with Crippen molar-refractivity contribution in [3.05, 3.63) is 24.3 Å². The summed E-state index contributed by atoms with van der Waals surface area (Å²) in [6.07, 6.45) is -0.612. The van der Waals surface area contributed by atoms with E-state index in [1.54, 1.807) is 6.07 Å². The van der Waals surface area contributed by atoms with Crippen molar-refractivity contribution in [2.75, 3.05) is 13.2 Å². The highest BCUT2D eigenvalue weighted by Gasteiger charge is 2.27. The van der Waals surface area contributed by atoms with Crippen LogP contribution in [-0.4, -0.2) is 31.2 Å². The second kappa shape index (κ2) is 6.47. The minimum Gasteiger partial charge on any atom is -0.485 e. The molecule has 1 aliphatic rings. The van der Waals surface area contributed by atoms with Crippen LogP contribution in [0.15, 0.2) is 24.3 Å². The molecule has 0 aliphatic carbocycles. The summed E-state index contributed by atoms with van der Waals surface area (Å²) in [6.45, 7) is 2.46. The van der Waals surface area contributed by atoms with Gasteiger partial charge in [0, 0.05) is 12.6 Å². The Balaban J connectivity index is 0.00000162. The molecule has 0 bridgehead atoms. The summed E-state index contributed by atoms with van der Waals surface area (Å²) in [5.74, 6) is 1.07. The van der Waals surface area contributed by atoms with Gasteiger partial charge in [-0.05, 0) is 19.1 Å². The average molecular weight is 273 g/mol. The topological polar surface area (TPSA) is 73.6 Å². The van der Waals surface area contributed by atoms with E-state index in [1.165, 1.54) is 0 Å². The Labute approximate surface area is 112 Å². The van der Waals surface area contributed by atoms with Gasteiger partial charge in [0.25, 0.3) is 5.91 Å². The van der Waals surface area contributed by atoms with Gasteiger partial charge in [-0.1, -0.05) is 12.1 Å². The predicted octanol–water partition coefficient (Wildman–Crippen LogP) is 0.712. The number of ether oxygens (including phenoxy) is 2. The Bertz CT molecular complexity index is 414. The number of benzene rings is 1. The normalized spacial score (nSPS) is 18.4. The number of hydrogen-bond acceptors (Lipinski definition) is 4. The van der Waals surface area contributed by atoms with Gasteiger partial charge >= 0.3 is 0 Å². The number of para-hydroxylation sites is 2. The molecule has 0 radical (unpaired) electrons. The quantitative estimate of drug-likeness (QED) is 0.850. The maximum absolute atomic E-state index is 11.8. The van der Waals surface area contributed by atoms with Crippen LogP contribution in [0.2, 0.25) is 0 Å². The molecule has 0 fully saturated rings. The molecule has 1 aliphatic heterocycles. The van der Waals surface area contributed by atoms with Gasteiger partial charge in [-0.2, -0.15) is 0 Å². The van der Waals surface area contributed by atoms with Gasteiger partial charge in [-0.3, -0.25) is 4.79 Å². The molecular formula is C12H17ClN2O3. The second-order valence-corrected chi connectivity index (χ2v) is 4.01. The predicted molar refractivity (Wildman–Crippen MR) is 70.3 cm³/mol. The highest BCUT2D eigenvalue weighted by molar-refractivity contribution is 5.85. The Morgan fingerprint density at radius 2 is 2.17 bits per heavy atom. The maximum Gasteiger partial charge on any atom is 0.264 e. The van der Waals surface area contributed by atoms with Crippen LogP contribution in [-0.2, 0) is 4.79 Å². The van der Waals surface area contributed by atoms with Gasteiger partial charge < -0.3 is 20.5 Å². The fourth-order valence-corrected chi connectivity index (χ4v) is 1.54. The van der Waals surface area contributed by atoms with E-state index >= 15 is 0 Å². The van der Waals surface area contributed by atoms with Crippen molar-refractivity contribution in [2.45, 2.75) is 19.1 Å². The zero-order valence-corrected chi connectivity index (χ0v) is 10.9. The van der Waals surface area contributed by atoms with Crippen LogP contribution in [0.3, 0.4) is 0 Å². The van der Waals surface area contributed by atoms with Gasteiger partial charge in [0.05, 0.1) is 0 Å². The van der Waals surface area contributed by atoms with E-state index in [1.807, 2.05) is 25.1 Å². The number of halogens is 1. The highest BCUT2D eigenvalue weighted by atomic mass is 35.5. The molecule has 100 valence electrons. The molecule has 0 aromatic heterocycles. The lowest BCUT2D eigenvalue weighted by Gasteiger charge is -2.26. The third-order valence-electron chi connectivity index (χ3n) is 2.54. The van der Waals surface area contributed by atoms with E-state index in [4.69, 9.17) is 15.2 Å². The maximum atomic E-state index is 11.8. The summed E-state index contributed by atoms with van der Waals surface area (Å²) in [7, 11) is 0. The van der Waals surface area contributed by atoms with Crippen molar-refractivity contribution < 1.29 is 14.3 Å². The van der Waals surface area contributed by atoms with E-state index < -0.39 is 6.10 Å². The zero-order chi connectivity index (χ0) is 12.3. The molecule has 0 saturated heterocycles. The molecule has 18 heavy (non-hydrogen) atoms. The van der Waals surface area contributed by atoms with E-state index in [-0.39, 0.29) is 31.0 Å². The van der Waals surface area contributed by atoms with Crippen molar-refractivity contribution in [2.24, 2.45) is 5.73 Å². The van der Waals surface area contributed by atoms with Crippen molar-refractivity contribution in [1.29, 1.82) is 0 Å². The summed E-state index contributed by atoms with van der Waals surface area (Å²) in [5, 5.41) is 2.76. The Kier molecular flexibility index (Phi) is 5.25. The number of nitrogens with one attached hydrogen (secondary N) is 1. The number of fused-ring (bicyclic) bond motifs is 1. The first kappa shape index (κ1) is 14.6. The molecule has 1 heterocycles. The standard InChI is InChI=1S/C12H16N2O3.ClH/c1-8(6-13)14-12(15)11-7-16-9-4-2-3-5-10(9)17-11;/h2-5,8,11H,6-7,13H2,1H3,(H,14,15);1H/t8-,11?;/m1./s1. The van der Waals surface area contributed by atoms with Crippen LogP contribution in [0.25, 0.3) is 0 Å². The molecule has 5 nitrogen and oxygen atoms in total. The molecule has 0 spiro atoms. The molecule has 1 unspecified atom stereocenters. The summed E-state index contributed by atoms with van der Waals surface area (Å²) in [6, 6.07) is 7.22. The second-order valence-electron chi connectivity index (χ2n) is 4.01. The van der Waals surface area contributed by atoms with E-state index in [0.29, 0.717) is 18.0 Å². The fourth-order valence-electron chi connectivity index (χ4n) is 1.54. The van der Waals surface area contributed by atoms with Crippen LogP contribution in [0.5, 0.6) is 11.5 Å². The Morgan fingerprint density at radius 1 is 1.50 bits per heavy atom. The van der Waals surface area contributed by atoms with Crippen LogP contribution >= 0.6 is 12.4 Å². The van der Waals surface area contributed by atoms with Gasteiger partial charge in [0.15, 0.2) is 11.5 Å². The minimum atomic E-state index is -0.612. The largest absolute Gasteiger partial charge is 0.485 e. The van der Waals surface area contributed by atoms with Crippen LogP contribution < -0.4 is 20.5 Å². The summed E-state index contributed by atoms with van der Waals surface area (Å²) >= 11 is 0. The van der Waals surface area contributed by atoms with Crippen molar-refractivity contribution in [3.8, 4) is 11.5 Å². The summed E-state index contributed by atoms with van der Waals surface area (Å²) in [5.41, 5.74) is 5.44.